The lowest BCUT2D eigenvalue weighted by atomic mass is 10.1. The smallest absolute Gasteiger partial charge is 0.344 e. The molecule has 9 heteroatoms. The fourth-order valence-electron chi connectivity index (χ4n) is 2.98. The molecule has 0 saturated heterocycles. The molecule has 0 radical (unpaired) electrons. The van der Waals surface area contributed by atoms with Gasteiger partial charge in [0.05, 0.1) is 19.8 Å². The molecule has 2 heterocycles. The van der Waals surface area contributed by atoms with Gasteiger partial charge >= 0.3 is 5.63 Å². The van der Waals surface area contributed by atoms with Crippen LogP contribution in [0.15, 0.2) is 63.3 Å². The number of hydrogen-bond donors (Lipinski definition) is 1. The van der Waals surface area contributed by atoms with Gasteiger partial charge in [-0.25, -0.2) is 9.78 Å². The number of anilines is 1. The maximum Gasteiger partial charge on any atom is 0.344 e. The van der Waals surface area contributed by atoms with Crippen LogP contribution in [0, 0.1) is 0 Å². The van der Waals surface area contributed by atoms with E-state index in [4.69, 9.17) is 18.6 Å². The van der Waals surface area contributed by atoms with Crippen LogP contribution in [0.3, 0.4) is 0 Å². The summed E-state index contributed by atoms with van der Waals surface area (Å²) in [6.07, 6.45) is 1.60. The van der Waals surface area contributed by atoms with Gasteiger partial charge in [0.1, 0.15) is 11.3 Å². The van der Waals surface area contributed by atoms with E-state index in [9.17, 15) is 9.59 Å². The molecular formula is C22H18N2O6S. The molecule has 8 nitrogen and oxygen atoms in total. The average molecular weight is 438 g/mol. The van der Waals surface area contributed by atoms with Crippen molar-refractivity contribution in [2.75, 3.05) is 26.1 Å². The zero-order valence-corrected chi connectivity index (χ0v) is 17.5. The van der Waals surface area contributed by atoms with Crippen LogP contribution in [0.25, 0.3) is 22.1 Å². The van der Waals surface area contributed by atoms with E-state index in [0.717, 1.165) is 0 Å². The van der Waals surface area contributed by atoms with E-state index in [-0.39, 0.29) is 12.5 Å². The number of methoxy groups -OCH3 is 2. The van der Waals surface area contributed by atoms with Crippen LogP contribution < -0.4 is 25.2 Å². The first-order chi connectivity index (χ1) is 15.1. The highest BCUT2D eigenvalue weighted by atomic mass is 32.1. The minimum atomic E-state index is -0.501. The second kappa shape index (κ2) is 8.88. The number of ether oxygens (including phenoxy) is 3. The number of aromatic nitrogens is 1. The van der Waals surface area contributed by atoms with Crippen molar-refractivity contribution in [1.82, 2.24) is 4.98 Å². The molecule has 4 rings (SSSR count). The molecule has 0 fully saturated rings. The predicted molar refractivity (Wildman–Crippen MR) is 117 cm³/mol. The molecule has 2 aromatic heterocycles. The van der Waals surface area contributed by atoms with E-state index in [1.165, 1.54) is 18.4 Å². The Morgan fingerprint density at radius 1 is 1.10 bits per heavy atom. The Labute approximate surface area is 181 Å². The van der Waals surface area contributed by atoms with E-state index in [1.54, 1.807) is 61.2 Å². The molecule has 0 spiro atoms. The maximum absolute atomic E-state index is 12.6. The fraction of sp³-hybridized carbons (Fsp3) is 0.136. The number of rotatable bonds is 7. The second-order valence-corrected chi connectivity index (χ2v) is 7.29. The Kier molecular flexibility index (Phi) is 5.85. The van der Waals surface area contributed by atoms with Crippen LogP contribution in [0.1, 0.15) is 0 Å². The lowest BCUT2D eigenvalue weighted by Crippen LogP contribution is -2.19. The van der Waals surface area contributed by atoms with Gasteiger partial charge in [-0.15, -0.1) is 11.3 Å². The van der Waals surface area contributed by atoms with Crippen molar-refractivity contribution >= 4 is 33.3 Å². The molecule has 0 aliphatic heterocycles. The largest absolute Gasteiger partial charge is 0.493 e. The standard InChI is InChI=1S/C22H18N2O6S/c1-27-17-6-4-13(10-19(17)28-2)16-9-14-3-5-15(11-18(14)30-21(16)26)29-12-20(25)24-22-23-7-8-31-22/h3-11H,12H2,1-2H3,(H,23,24,25). The highest BCUT2D eigenvalue weighted by molar-refractivity contribution is 7.13. The SMILES string of the molecule is COc1ccc(-c2cc3ccc(OCC(=O)Nc4nccs4)cc3oc2=O)cc1OC. The van der Waals surface area contributed by atoms with Crippen molar-refractivity contribution in [3.05, 3.63) is 64.5 Å². The third-order valence-corrected chi connectivity index (χ3v) is 5.14. The molecule has 2 aromatic carbocycles. The summed E-state index contributed by atoms with van der Waals surface area (Å²) in [4.78, 5) is 28.5. The summed E-state index contributed by atoms with van der Waals surface area (Å²) in [6.45, 7) is -0.195. The van der Waals surface area contributed by atoms with E-state index in [0.29, 0.717) is 44.5 Å². The van der Waals surface area contributed by atoms with E-state index in [1.807, 2.05) is 0 Å². The second-order valence-electron chi connectivity index (χ2n) is 6.39. The van der Waals surface area contributed by atoms with Crippen LogP contribution in [-0.4, -0.2) is 31.7 Å². The highest BCUT2D eigenvalue weighted by Gasteiger charge is 2.13. The Bertz CT molecular complexity index is 1280. The first kappa shape index (κ1) is 20.4. The molecular weight excluding hydrogens is 420 g/mol. The van der Waals surface area contributed by atoms with Crippen LogP contribution in [-0.2, 0) is 4.79 Å². The zero-order valence-electron chi connectivity index (χ0n) is 16.7. The summed E-state index contributed by atoms with van der Waals surface area (Å²) in [6, 6.07) is 12.0. The van der Waals surface area contributed by atoms with Crippen LogP contribution >= 0.6 is 11.3 Å². The number of benzene rings is 2. The summed E-state index contributed by atoms with van der Waals surface area (Å²) in [5, 5.41) is 5.61. The number of fused-ring (bicyclic) bond motifs is 1. The van der Waals surface area contributed by atoms with Gasteiger partial charge in [0.25, 0.3) is 5.91 Å². The van der Waals surface area contributed by atoms with Gasteiger partial charge in [-0.3, -0.25) is 10.1 Å². The first-order valence-corrected chi connectivity index (χ1v) is 10.1. The number of hydrogen-bond acceptors (Lipinski definition) is 8. The minimum absolute atomic E-state index is 0.195. The molecule has 1 N–H and O–H groups in total. The van der Waals surface area contributed by atoms with Gasteiger partial charge in [0, 0.05) is 23.0 Å². The average Bonchev–Trinajstić information content (AvgIpc) is 3.29. The van der Waals surface area contributed by atoms with Crippen LogP contribution in [0.4, 0.5) is 5.13 Å². The molecule has 158 valence electrons. The number of carbonyl (C=O) groups is 1. The molecule has 0 aliphatic carbocycles. The van der Waals surface area contributed by atoms with Crippen molar-refractivity contribution in [3.8, 4) is 28.4 Å². The third-order valence-electron chi connectivity index (χ3n) is 4.45. The fourth-order valence-corrected chi connectivity index (χ4v) is 3.52. The molecule has 0 bridgehead atoms. The molecule has 0 atom stereocenters. The van der Waals surface area contributed by atoms with Gasteiger partial charge in [0.15, 0.2) is 23.2 Å². The summed E-state index contributed by atoms with van der Waals surface area (Å²) in [5.41, 5.74) is 0.892. The van der Waals surface area contributed by atoms with E-state index >= 15 is 0 Å². The molecule has 4 aromatic rings. The van der Waals surface area contributed by atoms with Crippen LogP contribution in [0.5, 0.6) is 17.2 Å². The molecule has 0 saturated carbocycles. The molecule has 0 aliphatic rings. The lowest BCUT2D eigenvalue weighted by molar-refractivity contribution is -0.118. The van der Waals surface area contributed by atoms with Crippen molar-refractivity contribution in [3.63, 3.8) is 0 Å². The summed E-state index contributed by atoms with van der Waals surface area (Å²) >= 11 is 1.32. The van der Waals surface area contributed by atoms with E-state index < -0.39 is 5.63 Å². The molecule has 0 unspecified atom stereocenters. The highest BCUT2D eigenvalue weighted by Crippen LogP contribution is 2.32. The lowest BCUT2D eigenvalue weighted by Gasteiger charge is -2.10. The Balaban J connectivity index is 1.55. The van der Waals surface area contributed by atoms with Crippen LogP contribution in [0.2, 0.25) is 0 Å². The normalized spacial score (nSPS) is 10.6. The third kappa shape index (κ3) is 4.51. The Morgan fingerprint density at radius 3 is 2.68 bits per heavy atom. The maximum atomic E-state index is 12.6. The quantitative estimate of drug-likeness (QED) is 0.436. The topological polar surface area (TPSA) is 99.9 Å². The van der Waals surface area contributed by atoms with Gasteiger partial charge in [-0.05, 0) is 35.9 Å². The summed E-state index contributed by atoms with van der Waals surface area (Å²) in [5.74, 6) is 1.15. The Morgan fingerprint density at radius 2 is 1.94 bits per heavy atom. The van der Waals surface area contributed by atoms with Crippen molar-refractivity contribution in [2.45, 2.75) is 0 Å². The Hall–Kier alpha value is -3.85. The van der Waals surface area contributed by atoms with Crippen molar-refractivity contribution < 1.29 is 23.4 Å². The monoisotopic (exact) mass is 438 g/mol. The number of carbonyl (C=O) groups excluding carboxylic acids is 1. The number of nitrogens with zero attached hydrogens (tertiary/aromatic N) is 1. The number of thiazole rings is 1. The van der Waals surface area contributed by atoms with Gasteiger partial charge in [0.2, 0.25) is 0 Å². The first-order valence-electron chi connectivity index (χ1n) is 9.20. The number of amides is 1. The summed E-state index contributed by atoms with van der Waals surface area (Å²) in [7, 11) is 3.08. The van der Waals surface area contributed by atoms with Gasteiger partial charge in [-0.2, -0.15) is 0 Å². The van der Waals surface area contributed by atoms with Gasteiger partial charge < -0.3 is 18.6 Å². The van der Waals surface area contributed by atoms with Crippen molar-refractivity contribution in [2.24, 2.45) is 0 Å². The number of nitrogens with one attached hydrogen (secondary N) is 1. The van der Waals surface area contributed by atoms with E-state index in [2.05, 4.69) is 10.3 Å². The van der Waals surface area contributed by atoms with Crippen molar-refractivity contribution in [1.29, 1.82) is 0 Å². The van der Waals surface area contributed by atoms with Gasteiger partial charge in [-0.1, -0.05) is 6.07 Å². The summed E-state index contributed by atoms with van der Waals surface area (Å²) < 4.78 is 21.5. The molecule has 1 amide bonds. The molecule has 31 heavy (non-hydrogen) atoms. The predicted octanol–water partition coefficient (Wildman–Crippen LogP) is 3.95. The minimum Gasteiger partial charge on any atom is -0.493 e. The zero-order chi connectivity index (χ0) is 21.8.